The quantitative estimate of drug-likeness (QED) is 0.800. The monoisotopic (exact) mass is 341 g/mol. The summed E-state index contributed by atoms with van der Waals surface area (Å²) in [5, 5.41) is 0. The summed E-state index contributed by atoms with van der Waals surface area (Å²) in [6.45, 7) is 4.69. The Morgan fingerprint density at radius 2 is 1.84 bits per heavy atom. The Morgan fingerprint density at radius 1 is 1.04 bits per heavy atom. The maximum absolute atomic E-state index is 12.8. The second-order valence-corrected chi connectivity index (χ2v) is 6.94. The Kier molecular flexibility index (Phi) is 6.69. The van der Waals surface area contributed by atoms with Gasteiger partial charge in [-0.2, -0.15) is 0 Å². The van der Waals surface area contributed by atoms with Crippen molar-refractivity contribution in [1.29, 1.82) is 0 Å². The molecule has 1 aliphatic rings. The number of furan rings is 1. The third kappa shape index (κ3) is 5.75. The van der Waals surface area contributed by atoms with Crippen LogP contribution in [0.2, 0.25) is 0 Å². The molecule has 2 aromatic rings. The Balaban J connectivity index is 1.55. The van der Waals surface area contributed by atoms with E-state index in [9.17, 15) is 4.79 Å². The number of rotatable bonds is 8. The number of hydrogen-bond acceptors (Lipinski definition) is 2. The Labute approximate surface area is 150 Å². The molecular formula is C21H29N2O2+. The summed E-state index contributed by atoms with van der Waals surface area (Å²) in [6.07, 6.45) is 7.13. The zero-order valence-electron chi connectivity index (χ0n) is 15.0. The molecule has 1 aliphatic heterocycles. The molecule has 1 aromatic carbocycles. The van der Waals surface area contributed by atoms with Gasteiger partial charge in [-0.05, 0) is 43.4 Å². The van der Waals surface area contributed by atoms with Crippen molar-refractivity contribution in [1.82, 2.24) is 4.90 Å². The van der Waals surface area contributed by atoms with Crippen LogP contribution in [-0.2, 0) is 17.8 Å². The van der Waals surface area contributed by atoms with Crippen molar-refractivity contribution in [3.63, 3.8) is 0 Å². The van der Waals surface area contributed by atoms with Gasteiger partial charge in [0.1, 0.15) is 5.76 Å². The van der Waals surface area contributed by atoms with E-state index >= 15 is 0 Å². The fourth-order valence-electron chi connectivity index (χ4n) is 3.53. The summed E-state index contributed by atoms with van der Waals surface area (Å²) in [6, 6.07) is 14.2. The van der Waals surface area contributed by atoms with Crippen molar-refractivity contribution in [2.45, 2.75) is 38.6 Å². The van der Waals surface area contributed by atoms with Gasteiger partial charge in [0, 0.05) is 6.54 Å². The zero-order chi connectivity index (χ0) is 17.3. The third-order valence-electron chi connectivity index (χ3n) is 5.05. The topological polar surface area (TPSA) is 37.9 Å². The van der Waals surface area contributed by atoms with Gasteiger partial charge in [-0.3, -0.25) is 4.79 Å². The van der Waals surface area contributed by atoms with E-state index in [0.29, 0.717) is 13.0 Å². The number of quaternary nitrogens is 1. The molecule has 0 spiro atoms. The van der Waals surface area contributed by atoms with E-state index in [4.69, 9.17) is 4.42 Å². The number of nitrogens with zero attached hydrogens (tertiary/aromatic N) is 1. The summed E-state index contributed by atoms with van der Waals surface area (Å²) in [5.41, 5.74) is 1.27. The average Bonchev–Trinajstić information content (AvgIpc) is 3.18. The summed E-state index contributed by atoms with van der Waals surface area (Å²) in [4.78, 5) is 16.3. The molecule has 0 unspecified atom stereocenters. The van der Waals surface area contributed by atoms with Crippen LogP contribution in [0.25, 0.3) is 0 Å². The van der Waals surface area contributed by atoms with E-state index in [1.165, 1.54) is 37.9 Å². The lowest BCUT2D eigenvalue weighted by atomic mass is 10.1. The second kappa shape index (κ2) is 9.42. The van der Waals surface area contributed by atoms with Crippen molar-refractivity contribution in [2.24, 2.45) is 0 Å². The number of carbonyl (C=O) groups excluding carboxylic acids is 1. The predicted octanol–water partition coefficient (Wildman–Crippen LogP) is 2.31. The summed E-state index contributed by atoms with van der Waals surface area (Å²) in [7, 11) is 0. The minimum absolute atomic E-state index is 0.241. The van der Waals surface area contributed by atoms with E-state index < -0.39 is 0 Å². The molecule has 1 fully saturated rings. The predicted molar refractivity (Wildman–Crippen MR) is 98.3 cm³/mol. The van der Waals surface area contributed by atoms with E-state index in [-0.39, 0.29) is 5.91 Å². The molecular weight excluding hydrogens is 312 g/mol. The first-order valence-corrected chi connectivity index (χ1v) is 9.49. The van der Waals surface area contributed by atoms with Crippen LogP contribution < -0.4 is 4.90 Å². The molecule has 0 aliphatic carbocycles. The SMILES string of the molecule is O=C(CC[NH+]1CCCCC1)N(CCc1ccccc1)Cc1ccco1. The number of likely N-dealkylation sites (tertiary alicyclic amines) is 1. The van der Waals surface area contributed by atoms with Crippen LogP contribution in [-0.4, -0.2) is 37.0 Å². The molecule has 1 amide bonds. The van der Waals surface area contributed by atoms with Gasteiger partial charge < -0.3 is 14.2 Å². The highest BCUT2D eigenvalue weighted by molar-refractivity contribution is 5.76. The van der Waals surface area contributed by atoms with E-state index in [2.05, 4.69) is 12.1 Å². The van der Waals surface area contributed by atoms with Crippen LogP contribution >= 0.6 is 0 Å². The molecule has 3 rings (SSSR count). The molecule has 25 heavy (non-hydrogen) atoms. The van der Waals surface area contributed by atoms with Crippen LogP contribution in [0, 0.1) is 0 Å². The lowest BCUT2D eigenvalue weighted by Gasteiger charge is -2.26. The number of benzene rings is 1. The zero-order valence-corrected chi connectivity index (χ0v) is 15.0. The molecule has 4 heteroatoms. The van der Waals surface area contributed by atoms with Gasteiger partial charge in [-0.25, -0.2) is 0 Å². The molecule has 0 saturated carbocycles. The highest BCUT2D eigenvalue weighted by Gasteiger charge is 2.19. The average molecular weight is 341 g/mol. The van der Waals surface area contributed by atoms with Crippen LogP contribution in [0.4, 0.5) is 0 Å². The van der Waals surface area contributed by atoms with Crippen LogP contribution in [0.1, 0.15) is 37.0 Å². The van der Waals surface area contributed by atoms with Gasteiger partial charge in [0.2, 0.25) is 5.91 Å². The fourth-order valence-corrected chi connectivity index (χ4v) is 3.53. The minimum Gasteiger partial charge on any atom is -0.467 e. The molecule has 1 aromatic heterocycles. The first kappa shape index (κ1) is 17.7. The lowest BCUT2D eigenvalue weighted by molar-refractivity contribution is -0.904. The second-order valence-electron chi connectivity index (χ2n) is 6.94. The van der Waals surface area contributed by atoms with Crippen LogP contribution in [0.15, 0.2) is 53.1 Å². The molecule has 0 atom stereocenters. The lowest BCUT2D eigenvalue weighted by Crippen LogP contribution is -3.12. The maximum atomic E-state index is 12.8. The molecule has 134 valence electrons. The molecule has 4 nitrogen and oxygen atoms in total. The molecule has 1 N–H and O–H groups in total. The van der Waals surface area contributed by atoms with E-state index in [1.807, 2.05) is 35.2 Å². The molecule has 0 bridgehead atoms. The smallest absolute Gasteiger partial charge is 0.228 e. The maximum Gasteiger partial charge on any atom is 0.228 e. The summed E-state index contributed by atoms with van der Waals surface area (Å²) in [5.74, 6) is 1.09. The van der Waals surface area contributed by atoms with Gasteiger partial charge in [0.05, 0.1) is 38.9 Å². The number of piperidine rings is 1. The Hall–Kier alpha value is -2.07. The van der Waals surface area contributed by atoms with Crippen LogP contribution in [0.5, 0.6) is 0 Å². The molecule has 0 radical (unpaired) electrons. The van der Waals surface area contributed by atoms with E-state index in [0.717, 1.165) is 25.3 Å². The first-order valence-electron chi connectivity index (χ1n) is 9.49. The van der Waals surface area contributed by atoms with E-state index in [1.54, 1.807) is 11.2 Å². The van der Waals surface area contributed by atoms with Crippen molar-refractivity contribution in [3.05, 3.63) is 60.1 Å². The molecule has 2 heterocycles. The highest BCUT2D eigenvalue weighted by Crippen LogP contribution is 2.09. The largest absolute Gasteiger partial charge is 0.467 e. The number of nitrogens with one attached hydrogen (secondary N) is 1. The third-order valence-corrected chi connectivity index (χ3v) is 5.05. The van der Waals surface area contributed by atoms with Gasteiger partial charge in [-0.1, -0.05) is 30.3 Å². The number of carbonyl (C=O) groups is 1. The molecule has 1 saturated heterocycles. The van der Waals surface area contributed by atoms with Crippen molar-refractivity contribution in [2.75, 3.05) is 26.2 Å². The van der Waals surface area contributed by atoms with Gasteiger partial charge in [0.25, 0.3) is 0 Å². The van der Waals surface area contributed by atoms with Gasteiger partial charge in [0.15, 0.2) is 0 Å². The normalized spacial score (nSPS) is 15.2. The Bertz CT molecular complexity index is 619. The highest BCUT2D eigenvalue weighted by atomic mass is 16.3. The minimum atomic E-state index is 0.241. The summed E-state index contributed by atoms with van der Waals surface area (Å²) >= 11 is 0. The Morgan fingerprint density at radius 3 is 2.56 bits per heavy atom. The van der Waals surface area contributed by atoms with Gasteiger partial charge in [-0.15, -0.1) is 0 Å². The van der Waals surface area contributed by atoms with Gasteiger partial charge >= 0.3 is 0 Å². The number of hydrogen-bond donors (Lipinski definition) is 1. The van der Waals surface area contributed by atoms with Crippen molar-refractivity contribution >= 4 is 5.91 Å². The van der Waals surface area contributed by atoms with Crippen LogP contribution in [0.3, 0.4) is 0 Å². The number of amides is 1. The fraction of sp³-hybridized carbons (Fsp3) is 0.476. The van der Waals surface area contributed by atoms with Crippen molar-refractivity contribution in [3.8, 4) is 0 Å². The standard InChI is InChI=1S/C21H28N2O2/c24-21(12-15-22-13-5-2-6-14-22)23(18-20-10-7-17-25-20)16-11-19-8-3-1-4-9-19/h1,3-4,7-10,17H,2,5-6,11-16,18H2/p+1. The first-order chi connectivity index (χ1) is 12.3. The van der Waals surface area contributed by atoms with Crippen molar-refractivity contribution < 1.29 is 14.1 Å². The summed E-state index contributed by atoms with van der Waals surface area (Å²) < 4.78 is 5.46.